The lowest BCUT2D eigenvalue weighted by atomic mass is 10.1. The SMILES string of the molecule is C=CC[Si]1(C(C)C)O[Si](CC=C)(C(C)C)O[Si](CC=C)(C2CC2C(C)C)O1. The number of rotatable bonds is 10. The van der Waals surface area contributed by atoms with Crippen LogP contribution in [-0.2, 0) is 12.3 Å². The smallest absolute Gasteiger partial charge is 0.328 e. The van der Waals surface area contributed by atoms with Crippen molar-refractivity contribution in [1.29, 1.82) is 0 Å². The van der Waals surface area contributed by atoms with E-state index in [4.69, 9.17) is 12.3 Å². The summed E-state index contributed by atoms with van der Waals surface area (Å²) in [6.07, 6.45) is 7.27. The van der Waals surface area contributed by atoms with Crippen LogP contribution in [0.3, 0.4) is 0 Å². The first-order chi connectivity index (χ1) is 12.6. The zero-order chi connectivity index (χ0) is 20.5. The van der Waals surface area contributed by atoms with Crippen molar-refractivity contribution in [2.75, 3.05) is 0 Å². The zero-order valence-corrected chi connectivity index (χ0v) is 21.3. The average molecular weight is 425 g/mol. The minimum absolute atomic E-state index is 0.364. The third-order valence-electron chi connectivity index (χ3n) is 6.34. The standard InChI is InChI=1S/C21H40O3Si3/c1-10-13-25(18(6)7)22-26(14-11-2,19(8)9)24-27(23-25,15-12-3)21-16-20(21)17(4)5/h10-12,17-21H,1-3,13-16H2,4-9H3. The molecule has 4 atom stereocenters. The molecule has 3 nitrogen and oxygen atoms in total. The molecule has 0 aromatic heterocycles. The van der Waals surface area contributed by atoms with E-state index in [1.165, 1.54) is 6.42 Å². The molecule has 2 rings (SSSR count). The fourth-order valence-corrected chi connectivity index (χ4v) is 24.2. The Bertz CT molecular complexity index is 533. The monoisotopic (exact) mass is 424 g/mol. The van der Waals surface area contributed by atoms with Gasteiger partial charge in [-0.05, 0) is 29.3 Å². The average Bonchev–Trinajstić information content (AvgIpc) is 3.36. The van der Waals surface area contributed by atoms with Crippen LogP contribution in [0.15, 0.2) is 38.0 Å². The highest BCUT2D eigenvalue weighted by Crippen LogP contribution is 2.61. The first kappa shape index (κ1) is 23.0. The third kappa shape index (κ3) is 4.36. The van der Waals surface area contributed by atoms with Gasteiger partial charge in [0.1, 0.15) is 0 Å². The summed E-state index contributed by atoms with van der Waals surface area (Å²) in [5.74, 6) is 1.38. The topological polar surface area (TPSA) is 27.7 Å². The maximum atomic E-state index is 7.15. The molecule has 27 heavy (non-hydrogen) atoms. The molecule has 0 aromatic rings. The molecule has 1 heterocycles. The lowest BCUT2D eigenvalue weighted by molar-refractivity contribution is 0.198. The molecule has 1 aliphatic carbocycles. The molecule has 4 unspecified atom stereocenters. The Morgan fingerprint density at radius 2 is 1.22 bits per heavy atom. The second-order valence-electron chi connectivity index (χ2n) is 9.28. The van der Waals surface area contributed by atoms with Gasteiger partial charge in [-0.3, -0.25) is 0 Å². The Labute approximate surface area is 170 Å². The number of hydrogen-bond donors (Lipinski definition) is 0. The molecular weight excluding hydrogens is 384 g/mol. The zero-order valence-electron chi connectivity index (χ0n) is 18.3. The summed E-state index contributed by atoms with van der Waals surface area (Å²) < 4.78 is 21.3. The predicted molar refractivity (Wildman–Crippen MR) is 122 cm³/mol. The van der Waals surface area contributed by atoms with Crippen LogP contribution in [0, 0.1) is 11.8 Å². The van der Waals surface area contributed by atoms with Gasteiger partial charge in [0.15, 0.2) is 0 Å². The molecule has 0 amide bonds. The summed E-state index contributed by atoms with van der Waals surface area (Å²) in [6.45, 7) is 25.9. The molecule has 2 fully saturated rings. The van der Waals surface area contributed by atoms with Gasteiger partial charge in [-0.2, -0.15) is 0 Å². The van der Waals surface area contributed by atoms with Crippen LogP contribution >= 0.6 is 0 Å². The number of allylic oxidation sites excluding steroid dienone is 3. The minimum atomic E-state index is -2.47. The summed E-state index contributed by atoms with van der Waals surface area (Å²) in [5.41, 5.74) is 1.29. The Kier molecular flexibility index (Phi) is 7.36. The van der Waals surface area contributed by atoms with Crippen LogP contribution in [0.5, 0.6) is 0 Å². The van der Waals surface area contributed by atoms with E-state index in [9.17, 15) is 0 Å². The van der Waals surface area contributed by atoms with Gasteiger partial charge in [0.2, 0.25) is 0 Å². The molecule has 154 valence electrons. The van der Waals surface area contributed by atoms with Crippen molar-refractivity contribution in [1.82, 2.24) is 0 Å². The van der Waals surface area contributed by atoms with Crippen LogP contribution in [-0.4, -0.2) is 25.7 Å². The lowest BCUT2D eigenvalue weighted by Crippen LogP contribution is -2.72. The van der Waals surface area contributed by atoms with Crippen LogP contribution in [0.1, 0.15) is 48.0 Å². The molecule has 0 aromatic carbocycles. The van der Waals surface area contributed by atoms with Gasteiger partial charge in [-0.1, -0.05) is 59.8 Å². The van der Waals surface area contributed by atoms with Crippen LogP contribution in [0.4, 0.5) is 0 Å². The maximum absolute atomic E-state index is 7.15. The minimum Gasteiger partial charge on any atom is -0.415 e. The van der Waals surface area contributed by atoms with E-state index in [0.717, 1.165) is 18.1 Å². The lowest BCUT2D eigenvalue weighted by Gasteiger charge is -2.56. The van der Waals surface area contributed by atoms with Gasteiger partial charge < -0.3 is 12.3 Å². The van der Waals surface area contributed by atoms with Gasteiger partial charge in [-0.25, -0.2) is 0 Å². The summed E-state index contributed by atoms with van der Waals surface area (Å²) in [6, 6.07) is 2.52. The highest BCUT2D eigenvalue weighted by Gasteiger charge is 2.69. The van der Waals surface area contributed by atoms with Crippen LogP contribution < -0.4 is 0 Å². The fourth-order valence-electron chi connectivity index (χ4n) is 4.50. The second kappa shape index (κ2) is 8.63. The van der Waals surface area contributed by atoms with E-state index >= 15 is 0 Å². The second-order valence-corrected chi connectivity index (χ2v) is 20.9. The number of hydrogen-bond acceptors (Lipinski definition) is 3. The highest BCUT2D eigenvalue weighted by molar-refractivity contribution is 6.96. The molecule has 6 heteroatoms. The predicted octanol–water partition coefficient (Wildman–Crippen LogP) is 6.80. The van der Waals surface area contributed by atoms with Crippen molar-refractivity contribution in [3.8, 4) is 0 Å². The van der Waals surface area contributed by atoms with Gasteiger partial charge in [-0.15, -0.1) is 19.7 Å². The normalized spacial score (nSPS) is 39.0. The molecule has 2 aliphatic rings. The van der Waals surface area contributed by atoms with Crippen molar-refractivity contribution < 1.29 is 12.3 Å². The van der Waals surface area contributed by atoms with Crippen LogP contribution in [0.25, 0.3) is 0 Å². The molecule has 1 saturated carbocycles. The van der Waals surface area contributed by atoms with E-state index in [1.54, 1.807) is 0 Å². The molecule has 1 saturated heterocycles. The Balaban J connectivity index is 2.58. The highest BCUT2D eigenvalue weighted by atomic mass is 28.5. The molecule has 0 bridgehead atoms. The Hall–Kier alpha value is -0.249. The van der Waals surface area contributed by atoms with Crippen LogP contribution in [0.2, 0.25) is 34.8 Å². The van der Waals surface area contributed by atoms with Crippen molar-refractivity contribution >= 4 is 25.7 Å². The van der Waals surface area contributed by atoms with E-state index in [0.29, 0.717) is 28.5 Å². The summed E-state index contributed by atoms with van der Waals surface area (Å²) in [7, 11) is -7.40. The molecule has 0 N–H and O–H groups in total. The summed E-state index contributed by atoms with van der Waals surface area (Å²) >= 11 is 0. The van der Waals surface area contributed by atoms with Gasteiger partial charge >= 0.3 is 25.7 Å². The maximum Gasteiger partial charge on any atom is 0.328 e. The van der Waals surface area contributed by atoms with Gasteiger partial charge in [0, 0.05) is 23.7 Å². The van der Waals surface area contributed by atoms with E-state index in [2.05, 4.69) is 61.3 Å². The fraction of sp³-hybridized carbons (Fsp3) is 0.714. The summed E-state index contributed by atoms with van der Waals surface area (Å²) in [5, 5.41) is 0. The van der Waals surface area contributed by atoms with Crippen molar-refractivity contribution in [2.24, 2.45) is 11.8 Å². The van der Waals surface area contributed by atoms with E-state index in [1.807, 2.05) is 18.2 Å². The summed E-state index contributed by atoms with van der Waals surface area (Å²) in [4.78, 5) is 0. The third-order valence-corrected chi connectivity index (χ3v) is 22.5. The van der Waals surface area contributed by atoms with Gasteiger partial charge in [0.25, 0.3) is 0 Å². The Morgan fingerprint density at radius 1 is 0.778 bits per heavy atom. The molecule has 0 spiro atoms. The van der Waals surface area contributed by atoms with Crippen molar-refractivity contribution in [3.05, 3.63) is 38.0 Å². The molecule has 0 radical (unpaired) electrons. The van der Waals surface area contributed by atoms with E-state index in [-0.39, 0.29) is 0 Å². The molecule has 1 aliphatic heterocycles. The van der Waals surface area contributed by atoms with Crippen molar-refractivity contribution in [3.63, 3.8) is 0 Å². The van der Waals surface area contributed by atoms with Gasteiger partial charge in [0.05, 0.1) is 0 Å². The Morgan fingerprint density at radius 3 is 1.52 bits per heavy atom. The molecular formula is C21H40O3Si3. The largest absolute Gasteiger partial charge is 0.415 e. The van der Waals surface area contributed by atoms with E-state index < -0.39 is 25.7 Å². The first-order valence-electron chi connectivity index (χ1n) is 10.5. The van der Waals surface area contributed by atoms with Crippen molar-refractivity contribution in [2.45, 2.75) is 82.7 Å². The first-order valence-corrected chi connectivity index (χ1v) is 16.9. The quantitative estimate of drug-likeness (QED) is 0.285.